The second-order valence-electron chi connectivity index (χ2n) is 8.23. The fourth-order valence-electron chi connectivity index (χ4n) is 3.85. The smallest absolute Gasteiger partial charge is 0.290 e. The molecule has 0 aliphatic carbocycles. The summed E-state index contributed by atoms with van der Waals surface area (Å²) in [5, 5.41) is 14.7. The van der Waals surface area contributed by atoms with Crippen LogP contribution in [0, 0.1) is 5.92 Å². The first-order valence-electron chi connectivity index (χ1n) is 10.7. The largest absolute Gasteiger partial charge is 0.329 e. The van der Waals surface area contributed by atoms with Crippen LogP contribution in [-0.4, -0.2) is 34.7 Å². The lowest BCUT2D eigenvalue weighted by Gasteiger charge is -2.10. The van der Waals surface area contributed by atoms with E-state index in [0.717, 1.165) is 40.8 Å². The molecule has 0 atom stereocenters. The Balaban J connectivity index is 1.66. The summed E-state index contributed by atoms with van der Waals surface area (Å²) in [6.45, 7) is 7.35. The van der Waals surface area contributed by atoms with Crippen LogP contribution in [0.2, 0.25) is 5.15 Å². The van der Waals surface area contributed by atoms with Gasteiger partial charge in [-0.05, 0) is 45.5 Å². The quantitative estimate of drug-likeness (QED) is 0.433. The average Bonchev–Trinajstić information content (AvgIpc) is 3.40. The molecule has 0 saturated heterocycles. The van der Waals surface area contributed by atoms with Gasteiger partial charge in [0.25, 0.3) is 0 Å². The number of H-pyrrole nitrogens is 1. The number of halogens is 1. The third kappa shape index (κ3) is 4.36. The van der Waals surface area contributed by atoms with Crippen LogP contribution in [0.15, 0.2) is 47.5 Å². The van der Waals surface area contributed by atoms with Gasteiger partial charge in [-0.3, -0.25) is 14.1 Å². The molecule has 0 spiro atoms. The van der Waals surface area contributed by atoms with Crippen molar-refractivity contribution < 1.29 is 0 Å². The van der Waals surface area contributed by atoms with Crippen molar-refractivity contribution in [2.24, 2.45) is 5.92 Å². The zero-order valence-electron chi connectivity index (χ0n) is 18.4. The normalized spacial score (nSPS) is 11.4. The maximum absolute atomic E-state index is 13.1. The van der Waals surface area contributed by atoms with Crippen molar-refractivity contribution in [3.63, 3.8) is 0 Å². The third-order valence-corrected chi connectivity index (χ3v) is 5.75. The Morgan fingerprint density at radius 2 is 1.88 bits per heavy atom. The van der Waals surface area contributed by atoms with Crippen molar-refractivity contribution >= 4 is 11.6 Å². The first-order chi connectivity index (χ1) is 15.5. The number of benzene rings is 1. The van der Waals surface area contributed by atoms with Crippen molar-refractivity contribution in [2.45, 2.75) is 46.7 Å². The molecule has 0 aliphatic heterocycles. The van der Waals surface area contributed by atoms with E-state index in [1.807, 2.05) is 30.3 Å². The molecule has 3 heterocycles. The topological polar surface area (TPSA) is 94.3 Å². The highest BCUT2D eigenvalue weighted by molar-refractivity contribution is 6.30. The molecule has 32 heavy (non-hydrogen) atoms. The van der Waals surface area contributed by atoms with Gasteiger partial charge in [-0.15, -0.1) is 5.10 Å². The Bertz CT molecular complexity index is 1240. The minimum absolute atomic E-state index is 0.0505. The van der Waals surface area contributed by atoms with Crippen LogP contribution in [0.25, 0.3) is 22.5 Å². The Hall–Kier alpha value is -3.26. The first-order valence-corrected chi connectivity index (χ1v) is 11.1. The zero-order chi connectivity index (χ0) is 22.7. The SMILES string of the molecule is CCCc1c(Cl)n(CC(C)C)c(=O)n1Cc1ccc(-c2ccncc2-c2nnn[nH]2)cc1. The molecule has 166 valence electrons. The molecule has 0 fully saturated rings. The molecule has 1 aromatic carbocycles. The summed E-state index contributed by atoms with van der Waals surface area (Å²) in [4.78, 5) is 17.3. The van der Waals surface area contributed by atoms with E-state index in [1.54, 1.807) is 21.5 Å². The van der Waals surface area contributed by atoms with Gasteiger partial charge in [-0.2, -0.15) is 0 Å². The van der Waals surface area contributed by atoms with Crippen molar-refractivity contribution in [1.29, 1.82) is 0 Å². The average molecular weight is 452 g/mol. The Morgan fingerprint density at radius 3 is 2.53 bits per heavy atom. The van der Waals surface area contributed by atoms with Crippen molar-refractivity contribution in [3.8, 4) is 22.5 Å². The van der Waals surface area contributed by atoms with Gasteiger partial charge in [0.2, 0.25) is 0 Å². The summed E-state index contributed by atoms with van der Waals surface area (Å²) in [5.74, 6) is 0.901. The molecular formula is C23H26ClN7O. The number of imidazole rings is 1. The lowest BCUT2D eigenvalue weighted by atomic mass is 10.00. The van der Waals surface area contributed by atoms with Gasteiger partial charge in [-0.25, -0.2) is 9.89 Å². The van der Waals surface area contributed by atoms with Gasteiger partial charge in [0.05, 0.1) is 12.2 Å². The molecular weight excluding hydrogens is 426 g/mol. The summed E-state index contributed by atoms with van der Waals surface area (Å²) in [6, 6.07) is 10.1. The third-order valence-electron chi connectivity index (χ3n) is 5.32. The molecule has 9 heteroatoms. The number of pyridine rings is 1. The van der Waals surface area contributed by atoms with E-state index in [2.05, 4.69) is 46.4 Å². The van der Waals surface area contributed by atoms with Crippen LogP contribution in [0.1, 0.15) is 38.4 Å². The number of aromatic amines is 1. The fraction of sp³-hybridized carbons (Fsp3) is 0.348. The summed E-state index contributed by atoms with van der Waals surface area (Å²) in [5.41, 5.74) is 4.69. The molecule has 0 amide bonds. The lowest BCUT2D eigenvalue weighted by Crippen LogP contribution is -2.27. The number of rotatable bonds is 8. The van der Waals surface area contributed by atoms with Gasteiger partial charge < -0.3 is 0 Å². The number of nitrogens with zero attached hydrogens (tertiary/aromatic N) is 6. The second-order valence-corrected chi connectivity index (χ2v) is 8.59. The van der Waals surface area contributed by atoms with E-state index >= 15 is 0 Å². The van der Waals surface area contributed by atoms with Crippen LogP contribution in [0.5, 0.6) is 0 Å². The summed E-state index contributed by atoms with van der Waals surface area (Å²) < 4.78 is 3.50. The molecule has 1 N–H and O–H groups in total. The molecule has 0 saturated carbocycles. The number of hydrogen-bond donors (Lipinski definition) is 1. The van der Waals surface area contributed by atoms with Gasteiger partial charge in [0.15, 0.2) is 5.82 Å². The fourth-order valence-corrected chi connectivity index (χ4v) is 4.19. The molecule has 3 aromatic heterocycles. The summed E-state index contributed by atoms with van der Waals surface area (Å²) >= 11 is 6.61. The number of tetrazole rings is 1. The minimum atomic E-state index is -0.0505. The van der Waals surface area contributed by atoms with E-state index in [9.17, 15) is 4.79 Å². The van der Waals surface area contributed by atoms with E-state index in [0.29, 0.717) is 30.0 Å². The van der Waals surface area contributed by atoms with Gasteiger partial charge in [0, 0.05) is 24.5 Å². The van der Waals surface area contributed by atoms with Crippen LogP contribution in [-0.2, 0) is 19.5 Å². The highest BCUT2D eigenvalue weighted by Gasteiger charge is 2.19. The summed E-state index contributed by atoms with van der Waals surface area (Å²) in [6.07, 6.45) is 5.17. The van der Waals surface area contributed by atoms with E-state index in [1.165, 1.54) is 0 Å². The van der Waals surface area contributed by atoms with Crippen LogP contribution in [0.4, 0.5) is 0 Å². The van der Waals surface area contributed by atoms with Crippen LogP contribution < -0.4 is 5.69 Å². The molecule has 0 aliphatic rings. The molecule has 8 nitrogen and oxygen atoms in total. The second kappa shape index (κ2) is 9.48. The minimum Gasteiger partial charge on any atom is -0.290 e. The van der Waals surface area contributed by atoms with Crippen molar-refractivity contribution in [3.05, 3.63) is 69.6 Å². The molecule has 4 rings (SSSR count). The molecule has 0 unspecified atom stereocenters. The van der Waals surface area contributed by atoms with Gasteiger partial charge in [0.1, 0.15) is 5.15 Å². The Morgan fingerprint density at radius 1 is 1.09 bits per heavy atom. The van der Waals surface area contributed by atoms with Gasteiger partial charge >= 0.3 is 5.69 Å². The van der Waals surface area contributed by atoms with E-state index in [4.69, 9.17) is 11.6 Å². The predicted molar refractivity (Wildman–Crippen MR) is 124 cm³/mol. The van der Waals surface area contributed by atoms with Crippen LogP contribution in [0.3, 0.4) is 0 Å². The van der Waals surface area contributed by atoms with E-state index < -0.39 is 0 Å². The maximum Gasteiger partial charge on any atom is 0.329 e. The maximum atomic E-state index is 13.1. The van der Waals surface area contributed by atoms with Crippen molar-refractivity contribution in [2.75, 3.05) is 0 Å². The lowest BCUT2D eigenvalue weighted by molar-refractivity contribution is 0.504. The van der Waals surface area contributed by atoms with Gasteiger partial charge in [-0.1, -0.05) is 63.1 Å². The highest BCUT2D eigenvalue weighted by Crippen LogP contribution is 2.29. The molecule has 0 radical (unpaired) electrons. The number of aromatic nitrogens is 7. The number of nitrogens with one attached hydrogen (secondary N) is 1. The molecule has 0 bridgehead atoms. The Kier molecular flexibility index (Phi) is 6.50. The first kappa shape index (κ1) is 22.0. The Labute approximate surface area is 191 Å². The number of hydrogen-bond acceptors (Lipinski definition) is 5. The highest BCUT2D eigenvalue weighted by atomic mass is 35.5. The standard InChI is InChI=1S/C23H26ClN7O/c1-4-5-20-21(24)31(13-15(2)3)23(32)30(20)14-16-6-8-17(9-7-16)18-10-11-25-12-19(18)22-26-28-29-27-22/h6-12,15H,4-5,13-14H2,1-3H3,(H,26,27,28,29). The monoisotopic (exact) mass is 451 g/mol. The summed E-state index contributed by atoms with van der Waals surface area (Å²) in [7, 11) is 0. The predicted octanol–water partition coefficient (Wildman–Crippen LogP) is 4.20. The zero-order valence-corrected chi connectivity index (χ0v) is 19.2. The van der Waals surface area contributed by atoms with Crippen molar-refractivity contribution in [1.82, 2.24) is 34.7 Å². The van der Waals surface area contributed by atoms with Crippen LogP contribution >= 0.6 is 11.6 Å². The van der Waals surface area contributed by atoms with E-state index in [-0.39, 0.29) is 5.69 Å². The molecule has 4 aromatic rings.